The van der Waals surface area contributed by atoms with Gasteiger partial charge in [-0.2, -0.15) is 0 Å². The fraction of sp³-hybridized carbons (Fsp3) is 1.00. The number of aliphatic hydroxyl groups excluding tert-OH is 1. The molecule has 0 aromatic carbocycles. The van der Waals surface area contributed by atoms with Crippen molar-refractivity contribution in [3.05, 3.63) is 0 Å². The molecule has 2 aliphatic heterocycles. The van der Waals surface area contributed by atoms with Crippen molar-refractivity contribution in [2.45, 2.75) is 37.9 Å². The van der Waals surface area contributed by atoms with Crippen LogP contribution in [0.4, 0.5) is 0 Å². The van der Waals surface area contributed by atoms with Crippen molar-refractivity contribution in [1.82, 2.24) is 0 Å². The Balaban J connectivity index is 1.80. The van der Waals surface area contributed by atoms with Gasteiger partial charge in [0.05, 0.1) is 25.4 Å². The van der Waals surface area contributed by atoms with Gasteiger partial charge in [-0.25, -0.2) is 0 Å². The minimum Gasteiger partial charge on any atom is -0.394 e. The summed E-state index contributed by atoms with van der Waals surface area (Å²) in [7, 11) is 0. The lowest BCUT2D eigenvalue weighted by molar-refractivity contribution is -0.0550. The van der Waals surface area contributed by atoms with Crippen molar-refractivity contribution < 1.29 is 14.6 Å². The van der Waals surface area contributed by atoms with Crippen LogP contribution >= 0.6 is 0 Å². The van der Waals surface area contributed by atoms with Gasteiger partial charge in [0, 0.05) is 12.5 Å². The Bertz CT molecular complexity index is 154. The van der Waals surface area contributed by atoms with Crippen LogP contribution in [0.25, 0.3) is 0 Å². The number of hydrogen-bond acceptors (Lipinski definition) is 3. The van der Waals surface area contributed by atoms with Crippen molar-refractivity contribution >= 4 is 0 Å². The van der Waals surface area contributed by atoms with Crippen LogP contribution < -0.4 is 0 Å². The highest BCUT2D eigenvalue weighted by atomic mass is 16.5. The molecular formula is C10H18O3. The molecule has 2 aliphatic rings. The van der Waals surface area contributed by atoms with Crippen LogP contribution in [0.2, 0.25) is 0 Å². The van der Waals surface area contributed by atoms with Crippen LogP contribution in [-0.2, 0) is 9.47 Å². The van der Waals surface area contributed by atoms with Gasteiger partial charge in [-0.1, -0.05) is 0 Å². The second kappa shape index (κ2) is 4.40. The summed E-state index contributed by atoms with van der Waals surface area (Å²) >= 11 is 0. The minimum atomic E-state index is 0.0897. The molecule has 0 saturated carbocycles. The Hall–Kier alpha value is -0.120. The molecule has 0 aromatic rings. The summed E-state index contributed by atoms with van der Waals surface area (Å²) in [4.78, 5) is 0. The molecule has 3 atom stereocenters. The van der Waals surface area contributed by atoms with Gasteiger partial charge >= 0.3 is 0 Å². The molecular weight excluding hydrogens is 168 g/mol. The molecule has 76 valence electrons. The van der Waals surface area contributed by atoms with E-state index in [2.05, 4.69) is 0 Å². The number of ether oxygens (including phenoxy) is 2. The molecule has 0 radical (unpaired) electrons. The van der Waals surface area contributed by atoms with Gasteiger partial charge in [-0.05, 0) is 25.7 Å². The van der Waals surface area contributed by atoms with Crippen molar-refractivity contribution in [3.63, 3.8) is 0 Å². The first-order valence-electron chi connectivity index (χ1n) is 5.24. The predicted octanol–water partition coefficient (Wildman–Crippen LogP) is 0.953. The Labute approximate surface area is 79.0 Å². The van der Waals surface area contributed by atoms with Crippen LogP contribution in [0.5, 0.6) is 0 Å². The van der Waals surface area contributed by atoms with Crippen LogP contribution in [0.1, 0.15) is 25.7 Å². The van der Waals surface area contributed by atoms with Crippen molar-refractivity contribution in [2.24, 2.45) is 5.92 Å². The van der Waals surface area contributed by atoms with Gasteiger partial charge in [0.1, 0.15) is 0 Å². The monoisotopic (exact) mass is 186 g/mol. The van der Waals surface area contributed by atoms with Crippen molar-refractivity contribution in [2.75, 3.05) is 19.8 Å². The maximum absolute atomic E-state index is 8.93. The fourth-order valence-corrected chi connectivity index (χ4v) is 2.27. The van der Waals surface area contributed by atoms with Gasteiger partial charge in [-0.3, -0.25) is 0 Å². The van der Waals surface area contributed by atoms with Crippen LogP contribution in [0.3, 0.4) is 0 Å². The van der Waals surface area contributed by atoms with E-state index >= 15 is 0 Å². The molecule has 0 bridgehead atoms. The summed E-state index contributed by atoms with van der Waals surface area (Å²) in [5.41, 5.74) is 0. The molecule has 0 amide bonds. The highest BCUT2D eigenvalue weighted by Crippen LogP contribution is 2.29. The largest absolute Gasteiger partial charge is 0.394 e. The van der Waals surface area contributed by atoms with E-state index in [9.17, 15) is 0 Å². The average Bonchev–Trinajstić information content (AvgIpc) is 2.67. The normalized spacial score (nSPS) is 40.8. The third-order valence-electron chi connectivity index (χ3n) is 3.07. The smallest absolute Gasteiger partial charge is 0.0810 e. The Morgan fingerprint density at radius 3 is 2.77 bits per heavy atom. The Morgan fingerprint density at radius 2 is 2.15 bits per heavy atom. The predicted molar refractivity (Wildman–Crippen MR) is 48.5 cm³/mol. The summed E-state index contributed by atoms with van der Waals surface area (Å²) in [6.45, 7) is 1.93. The summed E-state index contributed by atoms with van der Waals surface area (Å²) in [6.07, 6.45) is 4.93. The molecule has 2 heterocycles. The lowest BCUT2D eigenvalue weighted by Gasteiger charge is -2.27. The molecule has 2 fully saturated rings. The molecule has 3 heteroatoms. The van der Waals surface area contributed by atoms with Crippen molar-refractivity contribution in [1.29, 1.82) is 0 Å². The van der Waals surface area contributed by atoms with Crippen LogP contribution in [0.15, 0.2) is 0 Å². The molecule has 3 nitrogen and oxygen atoms in total. The van der Waals surface area contributed by atoms with Crippen molar-refractivity contribution in [3.8, 4) is 0 Å². The average molecular weight is 186 g/mol. The zero-order valence-corrected chi connectivity index (χ0v) is 7.95. The highest BCUT2D eigenvalue weighted by Gasteiger charge is 2.32. The minimum absolute atomic E-state index is 0.0897. The summed E-state index contributed by atoms with van der Waals surface area (Å²) in [6, 6.07) is 0. The zero-order valence-electron chi connectivity index (χ0n) is 7.95. The van der Waals surface area contributed by atoms with E-state index in [1.54, 1.807) is 0 Å². The van der Waals surface area contributed by atoms with Gasteiger partial charge in [0.15, 0.2) is 0 Å². The van der Waals surface area contributed by atoms with E-state index in [0.717, 1.165) is 32.5 Å². The SMILES string of the molecule is OCC1CCC(C2CCCOC2)O1. The number of aliphatic hydroxyl groups is 1. The maximum atomic E-state index is 8.93. The zero-order chi connectivity index (χ0) is 9.10. The Kier molecular flexibility index (Phi) is 3.19. The third-order valence-corrected chi connectivity index (χ3v) is 3.07. The quantitative estimate of drug-likeness (QED) is 0.698. The van der Waals surface area contributed by atoms with E-state index in [1.165, 1.54) is 6.42 Å². The number of rotatable bonds is 2. The lowest BCUT2D eigenvalue weighted by Crippen LogP contribution is -2.29. The highest BCUT2D eigenvalue weighted by molar-refractivity contribution is 4.80. The van der Waals surface area contributed by atoms with E-state index in [1.807, 2.05) is 0 Å². The summed E-state index contributed by atoms with van der Waals surface area (Å²) in [5.74, 6) is 0.574. The van der Waals surface area contributed by atoms with Gasteiger partial charge in [0.25, 0.3) is 0 Å². The third kappa shape index (κ3) is 2.22. The molecule has 2 rings (SSSR count). The first-order valence-corrected chi connectivity index (χ1v) is 5.24. The first-order chi connectivity index (χ1) is 6.40. The van der Waals surface area contributed by atoms with E-state index in [-0.39, 0.29) is 12.7 Å². The van der Waals surface area contributed by atoms with Gasteiger partial charge in [0.2, 0.25) is 0 Å². The topological polar surface area (TPSA) is 38.7 Å². The molecule has 13 heavy (non-hydrogen) atoms. The summed E-state index contributed by atoms with van der Waals surface area (Å²) in [5, 5.41) is 8.93. The fourth-order valence-electron chi connectivity index (χ4n) is 2.27. The lowest BCUT2D eigenvalue weighted by atomic mass is 9.94. The molecule has 3 unspecified atom stereocenters. The molecule has 0 aromatic heterocycles. The van der Waals surface area contributed by atoms with E-state index in [0.29, 0.717) is 12.0 Å². The molecule has 0 aliphatic carbocycles. The molecule has 1 N–H and O–H groups in total. The first kappa shape index (κ1) is 9.44. The van der Waals surface area contributed by atoms with Crippen LogP contribution in [0, 0.1) is 5.92 Å². The van der Waals surface area contributed by atoms with Gasteiger partial charge < -0.3 is 14.6 Å². The van der Waals surface area contributed by atoms with Gasteiger partial charge in [-0.15, -0.1) is 0 Å². The maximum Gasteiger partial charge on any atom is 0.0810 e. The molecule has 2 saturated heterocycles. The summed E-state index contributed by atoms with van der Waals surface area (Å²) < 4.78 is 11.1. The number of hydrogen-bond donors (Lipinski definition) is 1. The standard InChI is InChI=1S/C10H18O3/c11-6-9-3-4-10(13-9)8-2-1-5-12-7-8/h8-11H,1-7H2. The van der Waals surface area contributed by atoms with E-state index in [4.69, 9.17) is 14.6 Å². The second-order valence-electron chi connectivity index (χ2n) is 4.03. The molecule has 0 spiro atoms. The Morgan fingerprint density at radius 1 is 1.23 bits per heavy atom. The van der Waals surface area contributed by atoms with E-state index < -0.39 is 0 Å². The second-order valence-corrected chi connectivity index (χ2v) is 4.03. The van der Waals surface area contributed by atoms with Crippen LogP contribution in [-0.4, -0.2) is 37.1 Å².